The molecule has 0 amide bonds. The Balaban J connectivity index is 2.20. The summed E-state index contributed by atoms with van der Waals surface area (Å²) in [5.41, 5.74) is 5.65. The molecule has 2 heterocycles. The highest BCUT2D eigenvalue weighted by Crippen LogP contribution is 2.27. The summed E-state index contributed by atoms with van der Waals surface area (Å²) in [7, 11) is 1.88. The lowest BCUT2D eigenvalue weighted by molar-refractivity contribution is 0.766. The maximum atomic E-state index is 5.65. The molecule has 0 aromatic carbocycles. The van der Waals surface area contributed by atoms with Crippen LogP contribution in [0.4, 0.5) is 11.8 Å². The second-order valence-corrected chi connectivity index (χ2v) is 4.53. The van der Waals surface area contributed by atoms with Crippen LogP contribution in [0.2, 0.25) is 0 Å². The zero-order chi connectivity index (χ0) is 12.3. The quantitative estimate of drug-likeness (QED) is 0.798. The molecule has 0 fully saturated rings. The molecule has 0 saturated heterocycles. The zero-order valence-corrected chi connectivity index (χ0v) is 10.5. The van der Waals surface area contributed by atoms with Crippen LogP contribution in [-0.4, -0.2) is 26.3 Å². The lowest BCUT2D eigenvalue weighted by Gasteiger charge is -2.05. The van der Waals surface area contributed by atoms with E-state index in [1.165, 1.54) is 11.8 Å². The van der Waals surface area contributed by atoms with Crippen molar-refractivity contribution in [2.75, 3.05) is 17.6 Å². The van der Waals surface area contributed by atoms with Crippen molar-refractivity contribution in [1.29, 1.82) is 0 Å². The topological polar surface area (TPSA) is 81.7 Å². The Kier molecular flexibility index (Phi) is 3.48. The van der Waals surface area contributed by atoms with Crippen molar-refractivity contribution >= 4 is 23.5 Å². The maximum absolute atomic E-state index is 5.65. The number of nitrogens with two attached hydrogens (primary N) is 1. The Morgan fingerprint density at radius 3 is 2.94 bits per heavy atom. The van der Waals surface area contributed by atoms with E-state index >= 15 is 0 Å². The molecule has 0 aliphatic heterocycles. The van der Waals surface area contributed by atoms with Crippen LogP contribution in [0.3, 0.4) is 0 Å². The first-order chi connectivity index (χ1) is 8.17. The number of aromatic nitrogens is 4. The van der Waals surface area contributed by atoms with Gasteiger partial charge in [0.15, 0.2) is 0 Å². The summed E-state index contributed by atoms with van der Waals surface area (Å²) in [6.45, 7) is 2.81. The number of aryl methyl sites for hydroxylation is 1. The molecule has 0 saturated carbocycles. The molecule has 0 aliphatic carbocycles. The summed E-state index contributed by atoms with van der Waals surface area (Å²) in [5, 5.41) is 8.02. The van der Waals surface area contributed by atoms with Crippen LogP contribution in [0.15, 0.2) is 28.4 Å². The Hall–Kier alpha value is -1.76. The first-order valence-corrected chi connectivity index (χ1v) is 6.04. The Labute approximate surface area is 104 Å². The average Bonchev–Trinajstić information content (AvgIpc) is 2.63. The van der Waals surface area contributed by atoms with E-state index in [2.05, 4.69) is 20.4 Å². The molecular formula is C10H14N6S. The average molecular weight is 250 g/mol. The van der Waals surface area contributed by atoms with Gasteiger partial charge in [0.05, 0.1) is 11.1 Å². The van der Waals surface area contributed by atoms with E-state index in [-0.39, 0.29) is 5.95 Å². The number of nitrogens with zero attached hydrogens (tertiary/aromatic N) is 4. The van der Waals surface area contributed by atoms with Crippen molar-refractivity contribution in [1.82, 2.24) is 19.7 Å². The smallest absolute Gasteiger partial charge is 0.223 e. The molecule has 2 aromatic rings. The monoisotopic (exact) mass is 250 g/mol. The number of nitrogen functional groups attached to an aromatic ring is 1. The molecule has 0 aliphatic rings. The van der Waals surface area contributed by atoms with E-state index < -0.39 is 0 Å². The molecule has 0 radical (unpaired) electrons. The summed E-state index contributed by atoms with van der Waals surface area (Å²) in [6.07, 6.45) is 3.71. The first kappa shape index (κ1) is 11.7. The number of rotatable bonds is 4. The molecule has 3 N–H and O–H groups in total. The minimum Gasteiger partial charge on any atom is -0.370 e. The van der Waals surface area contributed by atoms with E-state index in [1.807, 2.05) is 26.2 Å². The van der Waals surface area contributed by atoms with Crippen LogP contribution in [0, 0.1) is 0 Å². The first-order valence-electron chi connectivity index (χ1n) is 5.22. The zero-order valence-electron chi connectivity index (χ0n) is 9.71. The predicted molar refractivity (Wildman–Crippen MR) is 67.9 cm³/mol. The van der Waals surface area contributed by atoms with Crippen LogP contribution in [0.25, 0.3) is 0 Å². The van der Waals surface area contributed by atoms with Crippen molar-refractivity contribution < 1.29 is 0 Å². The summed E-state index contributed by atoms with van der Waals surface area (Å²) in [5.74, 6) is 1.02. The molecular weight excluding hydrogens is 236 g/mol. The molecule has 7 heteroatoms. The molecule has 17 heavy (non-hydrogen) atoms. The van der Waals surface area contributed by atoms with Crippen LogP contribution in [0.1, 0.15) is 6.92 Å². The van der Waals surface area contributed by atoms with E-state index in [0.29, 0.717) is 0 Å². The third-order valence-corrected chi connectivity index (χ3v) is 2.85. The highest BCUT2D eigenvalue weighted by atomic mass is 32.2. The number of hydrogen-bond acceptors (Lipinski definition) is 6. The van der Waals surface area contributed by atoms with Crippen LogP contribution < -0.4 is 11.1 Å². The van der Waals surface area contributed by atoms with Gasteiger partial charge in [-0.3, -0.25) is 4.68 Å². The van der Waals surface area contributed by atoms with Gasteiger partial charge in [0.25, 0.3) is 0 Å². The van der Waals surface area contributed by atoms with Gasteiger partial charge in [0.2, 0.25) is 5.95 Å². The van der Waals surface area contributed by atoms with Crippen molar-refractivity contribution in [2.24, 2.45) is 7.05 Å². The van der Waals surface area contributed by atoms with Crippen molar-refractivity contribution in [3.8, 4) is 0 Å². The second-order valence-electron chi connectivity index (χ2n) is 3.43. The minimum absolute atomic E-state index is 0.273. The van der Waals surface area contributed by atoms with Gasteiger partial charge in [0, 0.05) is 25.9 Å². The lowest BCUT2D eigenvalue weighted by atomic mass is 10.5. The normalized spacial score (nSPS) is 10.5. The van der Waals surface area contributed by atoms with E-state index in [0.717, 1.165) is 22.3 Å². The van der Waals surface area contributed by atoms with Gasteiger partial charge >= 0.3 is 0 Å². The Morgan fingerprint density at radius 1 is 1.47 bits per heavy atom. The maximum Gasteiger partial charge on any atom is 0.223 e. The fourth-order valence-electron chi connectivity index (χ4n) is 1.34. The minimum atomic E-state index is 0.273. The van der Waals surface area contributed by atoms with Gasteiger partial charge < -0.3 is 11.1 Å². The SMILES string of the molecule is CCNc1cc(Sc2cnn(C)c2)nc(N)n1. The van der Waals surface area contributed by atoms with Crippen molar-refractivity contribution in [2.45, 2.75) is 16.8 Å². The van der Waals surface area contributed by atoms with Crippen molar-refractivity contribution in [3.63, 3.8) is 0 Å². The molecule has 90 valence electrons. The summed E-state index contributed by atoms with van der Waals surface area (Å²) in [6, 6.07) is 1.87. The standard InChI is InChI=1S/C10H14N6S/c1-3-12-8-4-9(15-10(11)14-8)17-7-5-13-16(2)6-7/h4-6H,3H2,1-2H3,(H3,11,12,14,15). The molecule has 0 atom stereocenters. The molecule has 0 spiro atoms. The molecule has 2 rings (SSSR count). The summed E-state index contributed by atoms with van der Waals surface area (Å²) >= 11 is 1.51. The van der Waals surface area contributed by atoms with Gasteiger partial charge in [-0.15, -0.1) is 0 Å². The third-order valence-electron chi connectivity index (χ3n) is 1.98. The van der Waals surface area contributed by atoms with Gasteiger partial charge in [-0.25, -0.2) is 4.98 Å². The van der Waals surface area contributed by atoms with E-state index in [1.54, 1.807) is 10.9 Å². The lowest BCUT2D eigenvalue weighted by Crippen LogP contribution is -2.03. The fraction of sp³-hybridized carbons (Fsp3) is 0.300. The summed E-state index contributed by atoms with van der Waals surface area (Å²) < 4.78 is 1.75. The molecule has 6 nitrogen and oxygen atoms in total. The number of anilines is 2. The van der Waals surface area contributed by atoms with Gasteiger partial charge in [-0.05, 0) is 6.92 Å². The van der Waals surface area contributed by atoms with E-state index in [4.69, 9.17) is 5.73 Å². The molecule has 2 aromatic heterocycles. The molecule has 0 unspecified atom stereocenters. The van der Waals surface area contributed by atoms with Gasteiger partial charge in [-0.1, -0.05) is 11.8 Å². The highest BCUT2D eigenvalue weighted by molar-refractivity contribution is 7.99. The highest BCUT2D eigenvalue weighted by Gasteiger charge is 2.05. The van der Waals surface area contributed by atoms with Crippen LogP contribution >= 0.6 is 11.8 Å². The Bertz CT molecular complexity index is 509. The third kappa shape index (κ3) is 3.10. The largest absolute Gasteiger partial charge is 0.370 e. The fourth-order valence-corrected chi connectivity index (χ4v) is 2.20. The van der Waals surface area contributed by atoms with Gasteiger partial charge in [0.1, 0.15) is 10.8 Å². The second kappa shape index (κ2) is 5.05. The molecule has 0 bridgehead atoms. The van der Waals surface area contributed by atoms with Crippen LogP contribution in [0.5, 0.6) is 0 Å². The predicted octanol–water partition coefficient (Wildman–Crippen LogP) is 1.38. The van der Waals surface area contributed by atoms with E-state index in [9.17, 15) is 0 Å². The van der Waals surface area contributed by atoms with Crippen LogP contribution in [-0.2, 0) is 7.05 Å². The number of nitrogens with one attached hydrogen (secondary N) is 1. The van der Waals surface area contributed by atoms with Crippen molar-refractivity contribution in [3.05, 3.63) is 18.5 Å². The summed E-state index contributed by atoms with van der Waals surface area (Å²) in [4.78, 5) is 9.29. The number of hydrogen-bond donors (Lipinski definition) is 2. The Morgan fingerprint density at radius 2 is 2.29 bits per heavy atom. The van der Waals surface area contributed by atoms with Gasteiger partial charge in [-0.2, -0.15) is 10.1 Å².